The van der Waals surface area contributed by atoms with Crippen molar-refractivity contribution in [2.45, 2.75) is 13.0 Å². The Kier molecular flexibility index (Phi) is 4.54. The average molecular weight is 160 g/mol. The molecule has 1 atom stereocenters. The summed E-state index contributed by atoms with van der Waals surface area (Å²) in [7, 11) is 2.93. The Morgan fingerprint density at radius 2 is 2.09 bits per heavy atom. The summed E-state index contributed by atoms with van der Waals surface area (Å²) in [5.74, 6) is -0.462. The number of hydrogen-bond donors (Lipinski definition) is 0. The molecular formula is C8H13FO2. The largest absolute Gasteiger partial charge is 0.494 e. The fourth-order valence-corrected chi connectivity index (χ4v) is 0.550. The van der Waals surface area contributed by atoms with Crippen molar-refractivity contribution in [1.29, 1.82) is 0 Å². The quantitative estimate of drug-likeness (QED) is 0.462. The van der Waals surface area contributed by atoms with E-state index in [0.717, 1.165) is 0 Å². The summed E-state index contributed by atoms with van der Waals surface area (Å²) in [6.07, 6.45) is 1.35. The van der Waals surface area contributed by atoms with Crippen LogP contribution in [0.1, 0.15) is 6.92 Å². The summed E-state index contributed by atoms with van der Waals surface area (Å²) in [6.45, 7) is 4.88. The lowest BCUT2D eigenvalue weighted by atomic mass is 10.3. The van der Waals surface area contributed by atoms with Crippen molar-refractivity contribution in [3.05, 3.63) is 24.2 Å². The maximum absolute atomic E-state index is 12.4. The molecule has 11 heavy (non-hydrogen) atoms. The molecule has 0 aromatic carbocycles. The van der Waals surface area contributed by atoms with Crippen molar-refractivity contribution in [3.63, 3.8) is 0 Å². The van der Waals surface area contributed by atoms with Gasteiger partial charge in [-0.05, 0) is 13.0 Å². The van der Waals surface area contributed by atoms with Crippen LogP contribution in [0.3, 0.4) is 0 Å². The third-order valence-corrected chi connectivity index (χ3v) is 1.25. The van der Waals surface area contributed by atoms with Crippen molar-refractivity contribution < 1.29 is 13.9 Å². The predicted molar refractivity (Wildman–Crippen MR) is 41.8 cm³/mol. The third kappa shape index (κ3) is 3.78. The molecule has 0 aromatic heterocycles. The molecule has 0 N–H and O–H groups in total. The molecule has 2 nitrogen and oxygen atoms in total. The Balaban J connectivity index is 4.22. The molecule has 0 aromatic rings. The highest BCUT2D eigenvalue weighted by Gasteiger charge is 2.03. The van der Waals surface area contributed by atoms with E-state index in [9.17, 15) is 4.39 Å². The van der Waals surface area contributed by atoms with Gasteiger partial charge in [0.15, 0.2) is 11.6 Å². The molecule has 0 aliphatic rings. The number of methoxy groups -OCH3 is 2. The van der Waals surface area contributed by atoms with E-state index < -0.39 is 5.83 Å². The molecule has 0 amide bonds. The second-order valence-corrected chi connectivity index (χ2v) is 2.08. The van der Waals surface area contributed by atoms with Gasteiger partial charge in [0.05, 0.1) is 13.2 Å². The van der Waals surface area contributed by atoms with Crippen molar-refractivity contribution in [2.24, 2.45) is 0 Å². The van der Waals surface area contributed by atoms with Gasteiger partial charge in [-0.3, -0.25) is 0 Å². The van der Waals surface area contributed by atoms with Crippen LogP contribution in [0.5, 0.6) is 0 Å². The zero-order valence-electron chi connectivity index (χ0n) is 7.06. The van der Waals surface area contributed by atoms with E-state index in [4.69, 9.17) is 9.47 Å². The maximum Gasteiger partial charge on any atom is 0.157 e. The molecular weight excluding hydrogens is 147 g/mol. The minimum Gasteiger partial charge on any atom is -0.494 e. The van der Waals surface area contributed by atoms with Crippen molar-refractivity contribution in [2.75, 3.05) is 14.2 Å². The molecule has 0 bridgehead atoms. The first-order valence-electron chi connectivity index (χ1n) is 3.25. The normalized spacial score (nSPS) is 14.4. The summed E-state index contributed by atoms with van der Waals surface area (Å²) in [5, 5.41) is 0. The number of ether oxygens (including phenoxy) is 2. The first-order valence-corrected chi connectivity index (χ1v) is 3.25. The highest BCUT2D eigenvalue weighted by atomic mass is 19.1. The molecule has 1 unspecified atom stereocenters. The van der Waals surface area contributed by atoms with Crippen molar-refractivity contribution in [1.82, 2.24) is 0 Å². The van der Waals surface area contributed by atoms with Gasteiger partial charge in [0.25, 0.3) is 0 Å². The van der Waals surface area contributed by atoms with Crippen molar-refractivity contribution >= 4 is 0 Å². The van der Waals surface area contributed by atoms with E-state index in [2.05, 4.69) is 6.58 Å². The molecule has 0 aliphatic heterocycles. The van der Waals surface area contributed by atoms with E-state index in [1.54, 1.807) is 6.92 Å². The van der Waals surface area contributed by atoms with Crippen molar-refractivity contribution in [3.8, 4) is 0 Å². The smallest absolute Gasteiger partial charge is 0.157 e. The summed E-state index contributed by atoms with van der Waals surface area (Å²) in [6, 6.07) is 0. The monoisotopic (exact) mass is 160 g/mol. The van der Waals surface area contributed by atoms with E-state index in [-0.39, 0.29) is 11.9 Å². The Labute approximate surface area is 66.3 Å². The Morgan fingerprint density at radius 3 is 2.36 bits per heavy atom. The predicted octanol–water partition coefficient (Wildman–Crippen LogP) is 2.03. The van der Waals surface area contributed by atoms with Crippen LogP contribution in [-0.4, -0.2) is 20.3 Å². The summed E-state index contributed by atoms with van der Waals surface area (Å²) in [4.78, 5) is 0. The second-order valence-electron chi connectivity index (χ2n) is 2.08. The fraction of sp³-hybridized carbons (Fsp3) is 0.500. The molecule has 0 saturated carbocycles. The minimum atomic E-state index is -0.587. The Morgan fingerprint density at radius 1 is 1.55 bits per heavy atom. The van der Waals surface area contributed by atoms with Gasteiger partial charge >= 0.3 is 0 Å². The number of rotatable bonds is 4. The Hall–Kier alpha value is -0.830. The van der Waals surface area contributed by atoms with E-state index in [1.807, 2.05) is 0 Å². The fourth-order valence-electron chi connectivity index (χ4n) is 0.550. The van der Waals surface area contributed by atoms with Gasteiger partial charge in [-0.1, -0.05) is 6.58 Å². The molecule has 0 fully saturated rings. The number of halogens is 1. The number of allylic oxidation sites excluding steroid dienone is 1. The third-order valence-electron chi connectivity index (χ3n) is 1.25. The van der Waals surface area contributed by atoms with Crippen LogP contribution in [0.2, 0.25) is 0 Å². The summed E-state index contributed by atoms with van der Waals surface area (Å²) in [5.41, 5.74) is 0. The standard InChI is InChI=1S/C8H13FO2/c1-6(10-3)5-8(11-4)7(2)9/h5-6H,2H2,1,3-4H3/b8-5+. The van der Waals surface area contributed by atoms with Gasteiger partial charge in [0.1, 0.15) is 0 Å². The van der Waals surface area contributed by atoms with Gasteiger partial charge in [-0.25, -0.2) is 4.39 Å². The van der Waals surface area contributed by atoms with Crippen LogP contribution >= 0.6 is 0 Å². The lowest BCUT2D eigenvalue weighted by Crippen LogP contribution is -2.02. The zero-order valence-corrected chi connectivity index (χ0v) is 7.06. The first kappa shape index (κ1) is 10.2. The molecule has 0 saturated heterocycles. The molecule has 0 radical (unpaired) electrons. The van der Waals surface area contributed by atoms with Gasteiger partial charge < -0.3 is 9.47 Å². The lowest BCUT2D eigenvalue weighted by molar-refractivity contribution is 0.150. The van der Waals surface area contributed by atoms with Gasteiger partial charge in [0.2, 0.25) is 0 Å². The highest BCUT2D eigenvalue weighted by molar-refractivity contribution is 5.16. The van der Waals surface area contributed by atoms with E-state index in [0.29, 0.717) is 0 Å². The molecule has 3 heteroatoms. The average Bonchev–Trinajstić information content (AvgIpc) is 1.99. The minimum absolute atomic E-state index is 0.124. The molecule has 0 aliphatic carbocycles. The van der Waals surface area contributed by atoms with Crippen LogP contribution in [0, 0.1) is 0 Å². The maximum atomic E-state index is 12.4. The lowest BCUT2D eigenvalue weighted by Gasteiger charge is -2.06. The summed E-state index contributed by atoms with van der Waals surface area (Å²) >= 11 is 0. The number of hydrogen-bond acceptors (Lipinski definition) is 2. The van der Waals surface area contributed by atoms with Crippen LogP contribution in [0.25, 0.3) is 0 Å². The molecule has 64 valence electrons. The first-order chi connectivity index (χ1) is 5.11. The Bertz CT molecular complexity index is 163. The van der Waals surface area contributed by atoms with Crippen LogP contribution < -0.4 is 0 Å². The zero-order chi connectivity index (χ0) is 8.85. The van der Waals surface area contributed by atoms with Gasteiger partial charge in [0, 0.05) is 7.11 Å². The SMILES string of the molecule is C=C(F)/C(=C\C(C)OC)OC. The molecule has 0 rings (SSSR count). The van der Waals surface area contributed by atoms with E-state index >= 15 is 0 Å². The van der Waals surface area contributed by atoms with Gasteiger partial charge in [-0.15, -0.1) is 0 Å². The summed E-state index contributed by atoms with van der Waals surface area (Å²) < 4.78 is 22.0. The van der Waals surface area contributed by atoms with Crippen LogP contribution in [-0.2, 0) is 9.47 Å². The highest BCUT2D eigenvalue weighted by Crippen LogP contribution is 2.10. The molecule has 0 spiro atoms. The van der Waals surface area contributed by atoms with Crippen LogP contribution in [0.4, 0.5) is 4.39 Å². The van der Waals surface area contributed by atoms with E-state index in [1.165, 1.54) is 20.3 Å². The topological polar surface area (TPSA) is 18.5 Å². The second kappa shape index (κ2) is 4.91. The molecule has 0 heterocycles. The van der Waals surface area contributed by atoms with Crippen LogP contribution in [0.15, 0.2) is 24.2 Å². The van der Waals surface area contributed by atoms with Gasteiger partial charge in [-0.2, -0.15) is 0 Å².